The first-order chi connectivity index (χ1) is 10.8. The van der Waals surface area contributed by atoms with Crippen LogP contribution in [0.4, 0.5) is 0 Å². The molecule has 0 spiro atoms. The number of aromatic nitrogens is 1. The molecule has 0 aliphatic heterocycles. The number of pyridine rings is 1. The van der Waals surface area contributed by atoms with Crippen molar-refractivity contribution in [3.63, 3.8) is 0 Å². The molecule has 1 aromatic heterocycles. The molecule has 0 bridgehead atoms. The molecule has 3 rings (SSSR count). The highest BCUT2D eigenvalue weighted by Crippen LogP contribution is 2.21. The third-order valence-corrected chi connectivity index (χ3v) is 4.25. The van der Waals surface area contributed by atoms with Gasteiger partial charge in [-0.05, 0) is 24.3 Å². The van der Waals surface area contributed by atoms with E-state index >= 15 is 0 Å². The fraction of sp³-hybridized carbons (Fsp3) is 0.111. The van der Waals surface area contributed by atoms with Gasteiger partial charge >= 0.3 is 0 Å². The number of methoxy groups -OCH3 is 1. The number of hydrogen-bond acceptors (Lipinski definition) is 4. The van der Waals surface area contributed by atoms with Crippen LogP contribution in [0.1, 0.15) is 10.4 Å². The number of Topliss-reactive ketones (excluding diaryl/α,β-unsaturated/α-hetero) is 1. The number of ether oxygens (including phenoxy) is 1. The van der Waals surface area contributed by atoms with Gasteiger partial charge in [0.05, 0.1) is 23.4 Å². The Labute approximate surface area is 133 Å². The summed E-state index contributed by atoms with van der Waals surface area (Å²) in [6, 6.07) is 19.2. The zero-order valence-corrected chi connectivity index (χ0v) is 13.0. The van der Waals surface area contributed by atoms with Crippen molar-refractivity contribution in [2.45, 2.75) is 5.03 Å². The summed E-state index contributed by atoms with van der Waals surface area (Å²) in [6.45, 7) is 0. The van der Waals surface area contributed by atoms with Gasteiger partial charge in [-0.2, -0.15) is 0 Å². The molecule has 1 heterocycles. The van der Waals surface area contributed by atoms with Crippen LogP contribution in [-0.4, -0.2) is 23.6 Å². The van der Waals surface area contributed by atoms with Crippen molar-refractivity contribution in [1.82, 2.24) is 4.98 Å². The van der Waals surface area contributed by atoms with Gasteiger partial charge in [-0.3, -0.25) is 4.79 Å². The van der Waals surface area contributed by atoms with Gasteiger partial charge in [-0.15, -0.1) is 0 Å². The zero-order valence-electron chi connectivity index (χ0n) is 12.2. The fourth-order valence-corrected chi connectivity index (χ4v) is 2.92. The Bertz CT molecular complexity index is 817. The highest BCUT2D eigenvalue weighted by molar-refractivity contribution is 7.99. The van der Waals surface area contributed by atoms with Crippen molar-refractivity contribution >= 4 is 28.4 Å². The SMILES string of the molecule is COc1cccc(C(=O)CSc2ccc3ccccc3n2)c1. The zero-order chi connectivity index (χ0) is 15.4. The van der Waals surface area contributed by atoms with Gasteiger partial charge in [-0.25, -0.2) is 4.98 Å². The molecule has 0 saturated heterocycles. The lowest BCUT2D eigenvalue weighted by Crippen LogP contribution is -2.02. The Morgan fingerprint density at radius 1 is 1.09 bits per heavy atom. The fourth-order valence-electron chi connectivity index (χ4n) is 2.15. The molecule has 0 unspecified atom stereocenters. The van der Waals surface area contributed by atoms with Crippen molar-refractivity contribution in [3.05, 3.63) is 66.2 Å². The number of ketones is 1. The van der Waals surface area contributed by atoms with Gasteiger partial charge in [0, 0.05) is 10.9 Å². The number of fused-ring (bicyclic) bond motifs is 1. The molecule has 0 aliphatic rings. The summed E-state index contributed by atoms with van der Waals surface area (Å²) < 4.78 is 5.14. The minimum atomic E-state index is 0.0684. The number of carbonyl (C=O) groups is 1. The van der Waals surface area contributed by atoms with Crippen LogP contribution in [0.2, 0.25) is 0 Å². The van der Waals surface area contributed by atoms with E-state index in [1.165, 1.54) is 11.8 Å². The van der Waals surface area contributed by atoms with E-state index in [0.29, 0.717) is 17.1 Å². The monoisotopic (exact) mass is 309 g/mol. The topological polar surface area (TPSA) is 39.2 Å². The lowest BCUT2D eigenvalue weighted by Gasteiger charge is -2.04. The Balaban J connectivity index is 1.71. The maximum absolute atomic E-state index is 12.2. The number of thioether (sulfide) groups is 1. The summed E-state index contributed by atoms with van der Waals surface area (Å²) in [7, 11) is 1.59. The van der Waals surface area contributed by atoms with Crippen molar-refractivity contribution in [2.75, 3.05) is 12.9 Å². The van der Waals surface area contributed by atoms with E-state index in [4.69, 9.17) is 4.74 Å². The Kier molecular flexibility index (Phi) is 4.39. The predicted molar refractivity (Wildman–Crippen MR) is 89.8 cm³/mol. The van der Waals surface area contributed by atoms with Crippen LogP contribution in [-0.2, 0) is 0 Å². The van der Waals surface area contributed by atoms with Crippen LogP contribution in [0.15, 0.2) is 65.7 Å². The summed E-state index contributed by atoms with van der Waals surface area (Å²) in [6.07, 6.45) is 0. The van der Waals surface area contributed by atoms with Gasteiger partial charge in [-0.1, -0.05) is 48.2 Å². The average molecular weight is 309 g/mol. The molecule has 0 saturated carbocycles. The molecule has 22 heavy (non-hydrogen) atoms. The minimum absolute atomic E-state index is 0.0684. The van der Waals surface area contributed by atoms with Gasteiger partial charge in [0.1, 0.15) is 5.75 Å². The van der Waals surface area contributed by atoms with Crippen LogP contribution in [0.25, 0.3) is 10.9 Å². The lowest BCUT2D eigenvalue weighted by molar-refractivity contribution is 0.102. The van der Waals surface area contributed by atoms with E-state index in [1.54, 1.807) is 19.2 Å². The maximum Gasteiger partial charge on any atom is 0.173 e. The first kappa shape index (κ1) is 14.6. The van der Waals surface area contributed by atoms with E-state index in [-0.39, 0.29) is 5.78 Å². The molecule has 3 aromatic rings. The van der Waals surface area contributed by atoms with E-state index in [0.717, 1.165) is 15.9 Å². The lowest BCUT2D eigenvalue weighted by atomic mass is 10.1. The quantitative estimate of drug-likeness (QED) is 0.522. The molecular weight excluding hydrogens is 294 g/mol. The van der Waals surface area contributed by atoms with Gasteiger partial charge in [0.15, 0.2) is 5.78 Å². The first-order valence-electron chi connectivity index (χ1n) is 6.92. The normalized spacial score (nSPS) is 10.6. The molecule has 4 heteroatoms. The second kappa shape index (κ2) is 6.62. The van der Waals surface area contributed by atoms with Gasteiger partial charge in [0.2, 0.25) is 0 Å². The van der Waals surface area contributed by atoms with Crippen LogP contribution in [0, 0.1) is 0 Å². The van der Waals surface area contributed by atoms with Crippen LogP contribution >= 0.6 is 11.8 Å². The van der Waals surface area contributed by atoms with Crippen LogP contribution in [0.3, 0.4) is 0 Å². The Morgan fingerprint density at radius 2 is 1.95 bits per heavy atom. The summed E-state index contributed by atoms with van der Waals surface area (Å²) in [4.78, 5) is 16.8. The molecule has 0 N–H and O–H groups in total. The third kappa shape index (κ3) is 3.28. The summed E-state index contributed by atoms with van der Waals surface area (Å²) in [5.74, 6) is 1.12. The number of para-hydroxylation sites is 1. The van der Waals surface area contributed by atoms with Crippen molar-refractivity contribution < 1.29 is 9.53 Å². The van der Waals surface area contributed by atoms with E-state index in [2.05, 4.69) is 4.98 Å². The standard InChI is InChI=1S/C18H15NO2S/c1-21-15-7-4-6-14(11-15)17(20)12-22-18-10-9-13-5-2-3-8-16(13)19-18/h2-11H,12H2,1H3. The minimum Gasteiger partial charge on any atom is -0.497 e. The van der Waals surface area contributed by atoms with Crippen molar-refractivity contribution in [1.29, 1.82) is 0 Å². The van der Waals surface area contributed by atoms with Gasteiger partial charge < -0.3 is 4.74 Å². The second-order valence-corrected chi connectivity index (χ2v) is 5.78. The highest BCUT2D eigenvalue weighted by atomic mass is 32.2. The molecule has 110 valence electrons. The number of nitrogens with zero attached hydrogens (tertiary/aromatic N) is 1. The molecule has 0 aliphatic carbocycles. The smallest absolute Gasteiger partial charge is 0.173 e. The molecule has 0 amide bonds. The van der Waals surface area contributed by atoms with Crippen LogP contribution in [0.5, 0.6) is 5.75 Å². The van der Waals surface area contributed by atoms with Crippen LogP contribution < -0.4 is 4.74 Å². The molecule has 0 fully saturated rings. The van der Waals surface area contributed by atoms with E-state index in [9.17, 15) is 4.79 Å². The highest BCUT2D eigenvalue weighted by Gasteiger charge is 2.08. The molecular formula is C18H15NO2S. The predicted octanol–water partition coefficient (Wildman–Crippen LogP) is 4.22. The second-order valence-electron chi connectivity index (χ2n) is 4.79. The summed E-state index contributed by atoms with van der Waals surface area (Å²) in [5.41, 5.74) is 1.61. The van der Waals surface area contributed by atoms with Gasteiger partial charge in [0.25, 0.3) is 0 Å². The molecule has 0 atom stereocenters. The molecule has 2 aromatic carbocycles. The summed E-state index contributed by atoms with van der Waals surface area (Å²) in [5, 5.41) is 1.96. The maximum atomic E-state index is 12.2. The number of rotatable bonds is 5. The molecule has 3 nitrogen and oxygen atoms in total. The Hall–Kier alpha value is -2.33. The average Bonchev–Trinajstić information content (AvgIpc) is 2.59. The molecule has 0 radical (unpaired) electrons. The largest absolute Gasteiger partial charge is 0.497 e. The van der Waals surface area contributed by atoms with Crippen molar-refractivity contribution in [2.24, 2.45) is 0 Å². The number of benzene rings is 2. The number of carbonyl (C=O) groups excluding carboxylic acids is 1. The van der Waals surface area contributed by atoms with E-state index < -0.39 is 0 Å². The van der Waals surface area contributed by atoms with E-state index in [1.807, 2.05) is 48.5 Å². The van der Waals surface area contributed by atoms with Crippen molar-refractivity contribution in [3.8, 4) is 5.75 Å². The Morgan fingerprint density at radius 3 is 2.82 bits per heavy atom. The first-order valence-corrected chi connectivity index (χ1v) is 7.91. The number of hydrogen-bond donors (Lipinski definition) is 0. The summed E-state index contributed by atoms with van der Waals surface area (Å²) >= 11 is 1.45. The third-order valence-electron chi connectivity index (χ3n) is 3.32.